The Bertz CT molecular complexity index is 1230. The largest absolute Gasteiger partial charge is 0.491 e. The standard InChI is InChI=1S/C27H31N5O2/c1-18(2)34-25-13-21(12-22(14-25)23-16-29-31(5)17-23)20(4)30-27(33)26-15-24(7-6-19(26)3)32-10-8-28-9-11-32/h6-18,20,28H,1-5H3,(H,30,33)/t20-/m1/s1. The van der Waals surface area contributed by atoms with E-state index in [1.807, 2.05) is 107 Å². The highest BCUT2D eigenvalue weighted by atomic mass is 16.5. The first-order valence-electron chi connectivity index (χ1n) is 11.4. The molecule has 0 saturated carbocycles. The SMILES string of the molecule is Cc1ccc(N2C=CNC=C2)cc1C(=O)N[C@H](C)c1cc(OC(C)C)cc(-c2cnn(C)c2)c1. The summed E-state index contributed by atoms with van der Waals surface area (Å²) in [5.74, 6) is 0.649. The topological polar surface area (TPSA) is 71.4 Å². The molecule has 1 atom stereocenters. The number of anilines is 1. The van der Waals surface area contributed by atoms with Crippen molar-refractivity contribution in [1.29, 1.82) is 0 Å². The number of ether oxygens (including phenoxy) is 1. The van der Waals surface area contributed by atoms with Crippen LogP contribution in [0.2, 0.25) is 0 Å². The third kappa shape index (κ3) is 5.31. The highest BCUT2D eigenvalue weighted by Gasteiger charge is 2.17. The molecule has 1 aliphatic heterocycles. The molecule has 1 amide bonds. The Hall–Kier alpha value is -4.00. The highest BCUT2D eigenvalue weighted by Crippen LogP contribution is 2.30. The molecule has 1 aromatic heterocycles. The van der Waals surface area contributed by atoms with Crippen LogP contribution in [0.3, 0.4) is 0 Å². The van der Waals surface area contributed by atoms with Crippen molar-refractivity contribution in [2.45, 2.75) is 39.8 Å². The fraction of sp³-hybridized carbons (Fsp3) is 0.259. The fourth-order valence-electron chi connectivity index (χ4n) is 3.85. The highest BCUT2D eigenvalue weighted by molar-refractivity contribution is 5.97. The molecule has 2 N–H and O–H groups in total. The first-order chi connectivity index (χ1) is 16.3. The molecule has 0 radical (unpaired) electrons. The molecule has 3 aromatic rings. The first kappa shape index (κ1) is 23.2. The van der Waals surface area contributed by atoms with Crippen LogP contribution in [0.15, 0.2) is 73.6 Å². The Balaban J connectivity index is 1.60. The smallest absolute Gasteiger partial charge is 0.252 e. The van der Waals surface area contributed by atoms with Crippen LogP contribution in [0, 0.1) is 6.92 Å². The molecule has 7 heteroatoms. The van der Waals surface area contributed by atoms with Crippen molar-refractivity contribution >= 4 is 11.6 Å². The average molecular weight is 458 g/mol. The van der Waals surface area contributed by atoms with Crippen molar-refractivity contribution in [2.24, 2.45) is 7.05 Å². The van der Waals surface area contributed by atoms with Gasteiger partial charge in [-0.05, 0) is 74.7 Å². The Morgan fingerprint density at radius 2 is 1.82 bits per heavy atom. The second-order valence-corrected chi connectivity index (χ2v) is 8.76. The minimum absolute atomic E-state index is 0.0420. The Kier molecular flexibility index (Phi) is 6.72. The first-order valence-corrected chi connectivity index (χ1v) is 11.4. The van der Waals surface area contributed by atoms with Gasteiger partial charge in [-0.3, -0.25) is 9.48 Å². The molecule has 0 spiro atoms. The third-order valence-corrected chi connectivity index (χ3v) is 5.61. The van der Waals surface area contributed by atoms with Gasteiger partial charge in [0.25, 0.3) is 5.91 Å². The summed E-state index contributed by atoms with van der Waals surface area (Å²) >= 11 is 0. The molecule has 0 bridgehead atoms. The number of amides is 1. The summed E-state index contributed by atoms with van der Waals surface area (Å²) in [5, 5.41) is 10.5. The lowest BCUT2D eigenvalue weighted by atomic mass is 10.0. The molecule has 1 aliphatic rings. The number of hydrogen-bond acceptors (Lipinski definition) is 5. The summed E-state index contributed by atoms with van der Waals surface area (Å²) in [6, 6.07) is 11.7. The molecule has 34 heavy (non-hydrogen) atoms. The van der Waals surface area contributed by atoms with Crippen molar-refractivity contribution in [3.05, 3.63) is 90.3 Å². The van der Waals surface area contributed by atoms with E-state index in [2.05, 4.69) is 21.8 Å². The van der Waals surface area contributed by atoms with Gasteiger partial charge in [-0.25, -0.2) is 0 Å². The van der Waals surface area contributed by atoms with E-state index in [1.54, 1.807) is 4.68 Å². The van der Waals surface area contributed by atoms with Crippen molar-refractivity contribution in [2.75, 3.05) is 4.90 Å². The molecule has 0 saturated heterocycles. The molecular weight excluding hydrogens is 426 g/mol. The normalized spacial score (nSPS) is 13.6. The number of carbonyl (C=O) groups is 1. The number of nitrogens with one attached hydrogen (secondary N) is 2. The van der Waals surface area contributed by atoms with E-state index in [0.717, 1.165) is 33.7 Å². The van der Waals surface area contributed by atoms with E-state index in [1.165, 1.54) is 0 Å². The molecule has 7 nitrogen and oxygen atoms in total. The number of aryl methyl sites for hydroxylation is 2. The van der Waals surface area contributed by atoms with E-state index in [0.29, 0.717) is 5.56 Å². The summed E-state index contributed by atoms with van der Waals surface area (Å²) in [4.78, 5) is 15.2. The van der Waals surface area contributed by atoms with Crippen LogP contribution >= 0.6 is 0 Å². The van der Waals surface area contributed by atoms with E-state index in [-0.39, 0.29) is 18.1 Å². The van der Waals surface area contributed by atoms with Gasteiger partial charge in [-0.1, -0.05) is 6.07 Å². The number of nitrogens with zero attached hydrogens (tertiary/aromatic N) is 3. The van der Waals surface area contributed by atoms with Crippen LogP contribution in [0.25, 0.3) is 11.1 Å². The molecule has 176 valence electrons. The quantitative estimate of drug-likeness (QED) is 0.521. The van der Waals surface area contributed by atoms with Gasteiger partial charge in [0.1, 0.15) is 5.75 Å². The van der Waals surface area contributed by atoms with Crippen molar-refractivity contribution in [1.82, 2.24) is 20.4 Å². The summed E-state index contributed by atoms with van der Waals surface area (Å²) in [6.07, 6.45) is 11.3. The Morgan fingerprint density at radius 3 is 2.50 bits per heavy atom. The van der Waals surface area contributed by atoms with E-state index in [9.17, 15) is 4.79 Å². The fourth-order valence-corrected chi connectivity index (χ4v) is 3.85. The van der Waals surface area contributed by atoms with Gasteiger partial charge in [-0.2, -0.15) is 5.10 Å². The van der Waals surface area contributed by atoms with Gasteiger partial charge in [0.2, 0.25) is 0 Å². The summed E-state index contributed by atoms with van der Waals surface area (Å²) in [6.45, 7) is 7.94. The van der Waals surface area contributed by atoms with Gasteiger partial charge in [0.05, 0.1) is 18.3 Å². The van der Waals surface area contributed by atoms with Crippen LogP contribution in [-0.2, 0) is 7.05 Å². The molecule has 2 heterocycles. The van der Waals surface area contributed by atoms with E-state index < -0.39 is 0 Å². The molecule has 0 fully saturated rings. The van der Waals surface area contributed by atoms with Gasteiger partial charge in [-0.15, -0.1) is 0 Å². The zero-order valence-electron chi connectivity index (χ0n) is 20.2. The predicted octanol–water partition coefficient (Wildman–Crippen LogP) is 5.03. The molecule has 0 aliphatic carbocycles. The number of rotatable bonds is 7. The van der Waals surface area contributed by atoms with Gasteiger partial charge < -0.3 is 20.3 Å². The maximum atomic E-state index is 13.3. The van der Waals surface area contributed by atoms with E-state index in [4.69, 9.17) is 4.74 Å². The summed E-state index contributed by atoms with van der Waals surface area (Å²) in [5.41, 5.74) is 5.45. The monoisotopic (exact) mass is 457 g/mol. The molecule has 2 aromatic carbocycles. The lowest BCUT2D eigenvalue weighted by molar-refractivity contribution is 0.0939. The maximum Gasteiger partial charge on any atom is 0.252 e. The average Bonchev–Trinajstić information content (AvgIpc) is 3.25. The van der Waals surface area contributed by atoms with Crippen molar-refractivity contribution < 1.29 is 9.53 Å². The number of hydrogen-bond donors (Lipinski definition) is 2. The second-order valence-electron chi connectivity index (χ2n) is 8.76. The number of benzene rings is 2. The van der Waals surface area contributed by atoms with Crippen molar-refractivity contribution in [3.63, 3.8) is 0 Å². The van der Waals surface area contributed by atoms with E-state index >= 15 is 0 Å². The molecule has 4 rings (SSSR count). The van der Waals surface area contributed by atoms with Crippen LogP contribution in [0.1, 0.15) is 48.3 Å². The lowest BCUT2D eigenvalue weighted by Gasteiger charge is -2.21. The second kappa shape index (κ2) is 9.87. The van der Waals surface area contributed by atoms with Gasteiger partial charge in [0, 0.05) is 54.9 Å². The van der Waals surface area contributed by atoms with Crippen LogP contribution in [0.5, 0.6) is 5.75 Å². The zero-order valence-corrected chi connectivity index (χ0v) is 20.2. The Labute approximate surface area is 200 Å². The molecule has 0 unspecified atom stereocenters. The molecular formula is C27H31N5O2. The maximum absolute atomic E-state index is 13.3. The Morgan fingerprint density at radius 1 is 1.06 bits per heavy atom. The minimum Gasteiger partial charge on any atom is -0.491 e. The number of carbonyl (C=O) groups excluding carboxylic acids is 1. The third-order valence-electron chi connectivity index (χ3n) is 5.61. The van der Waals surface area contributed by atoms with Crippen molar-refractivity contribution in [3.8, 4) is 16.9 Å². The summed E-state index contributed by atoms with van der Waals surface area (Å²) in [7, 11) is 1.89. The lowest BCUT2D eigenvalue weighted by Crippen LogP contribution is -2.27. The van der Waals surface area contributed by atoms with Crippen LogP contribution < -0.4 is 20.3 Å². The summed E-state index contributed by atoms with van der Waals surface area (Å²) < 4.78 is 7.77. The van der Waals surface area contributed by atoms with Gasteiger partial charge >= 0.3 is 0 Å². The minimum atomic E-state index is -0.222. The predicted molar refractivity (Wildman–Crippen MR) is 135 cm³/mol. The van der Waals surface area contributed by atoms with Gasteiger partial charge in [0.15, 0.2) is 0 Å². The zero-order chi connectivity index (χ0) is 24.2. The van der Waals surface area contributed by atoms with Crippen LogP contribution in [-0.4, -0.2) is 21.8 Å². The number of aromatic nitrogens is 2. The van der Waals surface area contributed by atoms with Crippen LogP contribution in [0.4, 0.5) is 5.69 Å².